The van der Waals surface area contributed by atoms with Crippen molar-refractivity contribution < 1.29 is 4.79 Å². The third-order valence-electron chi connectivity index (χ3n) is 5.20. The fourth-order valence-electron chi connectivity index (χ4n) is 3.57. The van der Waals surface area contributed by atoms with Crippen molar-refractivity contribution in [2.24, 2.45) is 7.05 Å². The van der Waals surface area contributed by atoms with Crippen LogP contribution in [0, 0.1) is 13.8 Å². The van der Waals surface area contributed by atoms with Gasteiger partial charge < -0.3 is 20.5 Å². The molecule has 4 rings (SSSR count). The van der Waals surface area contributed by atoms with E-state index in [1.165, 1.54) is 6.92 Å². The molecule has 0 spiro atoms. The lowest BCUT2D eigenvalue weighted by atomic mass is 10.1. The summed E-state index contributed by atoms with van der Waals surface area (Å²) < 4.78 is 1.79. The zero-order valence-electron chi connectivity index (χ0n) is 18.5. The van der Waals surface area contributed by atoms with Gasteiger partial charge in [-0.15, -0.1) is 0 Å². The Balaban J connectivity index is 1.80. The van der Waals surface area contributed by atoms with Crippen LogP contribution in [0.1, 0.15) is 18.2 Å². The van der Waals surface area contributed by atoms with Crippen LogP contribution >= 0.6 is 0 Å². The number of benzene rings is 1. The first-order chi connectivity index (χ1) is 14.7. The summed E-state index contributed by atoms with van der Waals surface area (Å²) in [7, 11) is 5.78. The second-order valence-corrected chi connectivity index (χ2v) is 7.81. The van der Waals surface area contributed by atoms with Crippen molar-refractivity contribution in [3.63, 3.8) is 0 Å². The maximum atomic E-state index is 11.8. The molecule has 0 aliphatic rings. The van der Waals surface area contributed by atoms with Gasteiger partial charge in [-0.3, -0.25) is 9.48 Å². The molecule has 9 heteroatoms. The molecule has 160 valence electrons. The number of rotatable bonds is 5. The number of aryl methyl sites for hydroxylation is 3. The van der Waals surface area contributed by atoms with E-state index < -0.39 is 0 Å². The standard InChI is InChI=1S/C22H26N8O/c1-12-10-24-22(26-18-9-13(2)30(6)28-18)27-19(12)16-11-23-20-15(16)7-8-17(29(4)5)21(20)25-14(3)31/h7-11,23H,1-6H3,(H,25,31)(H,24,26,27,28). The Morgan fingerprint density at radius 3 is 2.65 bits per heavy atom. The minimum Gasteiger partial charge on any atom is -0.376 e. The first kappa shape index (κ1) is 20.4. The number of nitrogens with one attached hydrogen (secondary N) is 3. The second-order valence-electron chi connectivity index (χ2n) is 7.81. The Kier molecular flexibility index (Phi) is 5.10. The number of anilines is 4. The van der Waals surface area contributed by atoms with Crippen LogP contribution in [0.5, 0.6) is 0 Å². The number of nitrogens with zero attached hydrogens (tertiary/aromatic N) is 5. The van der Waals surface area contributed by atoms with E-state index in [9.17, 15) is 4.79 Å². The summed E-state index contributed by atoms with van der Waals surface area (Å²) in [5.41, 5.74) is 6.24. The quantitative estimate of drug-likeness (QED) is 0.456. The predicted octanol–water partition coefficient (Wildman–Crippen LogP) is 3.74. The van der Waals surface area contributed by atoms with Crippen LogP contribution in [-0.2, 0) is 11.8 Å². The Bertz CT molecular complexity index is 1260. The van der Waals surface area contributed by atoms with Crippen molar-refractivity contribution in [1.29, 1.82) is 0 Å². The molecule has 0 aliphatic carbocycles. The lowest BCUT2D eigenvalue weighted by molar-refractivity contribution is -0.114. The lowest BCUT2D eigenvalue weighted by Crippen LogP contribution is -2.14. The average Bonchev–Trinajstić information content (AvgIpc) is 3.26. The van der Waals surface area contributed by atoms with Crippen molar-refractivity contribution in [2.75, 3.05) is 29.6 Å². The largest absolute Gasteiger partial charge is 0.376 e. The molecule has 1 amide bonds. The first-order valence-electron chi connectivity index (χ1n) is 9.95. The van der Waals surface area contributed by atoms with Gasteiger partial charge in [-0.05, 0) is 31.5 Å². The highest BCUT2D eigenvalue weighted by atomic mass is 16.1. The van der Waals surface area contributed by atoms with E-state index in [1.807, 2.05) is 64.3 Å². The van der Waals surface area contributed by atoms with Gasteiger partial charge in [0.25, 0.3) is 0 Å². The number of H-pyrrole nitrogens is 1. The van der Waals surface area contributed by atoms with E-state index in [0.29, 0.717) is 11.8 Å². The molecule has 0 atom stereocenters. The summed E-state index contributed by atoms with van der Waals surface area (Å²) in [5.74, 6) is 1.04. The molecular formula is C22H26N8O. The molecule has 3 heterocycles. The summed E-state index contributed by atoms with van der Waals surface area (Å²) in [6, 6.07) is 5.98. The molecule has 31 heavy (non-hydrogen) atoms. The van der Waals surface area contributed by atoms with Crippen LogP contribution in [0.15, 0.2) is 30.6 Å². The molecule has 4 aromatic rings. The van der Waals surface area contributed by atoms with E-state index in [-0.39, 0.29) is 5.91 Å². The molecule has 1 aromatic carbocycles. The molecule has 3 N–H and O–H groups in total. The molecule has 0 bridgehead atoms. The highest BCUT2D eigenvalue weighted by Gasteiger charge is 2.18. The lowest BCUT2D eigenvalue weighted by Gasteiger charge is -2.18. The highest BCUT2D eigenvalue weighted by molar-refractivity contribution is 6.09. The van der Waals surface area contributed by atoms with Gasteiger partial charge in [0.2, 0.25) is 11.9 Å². The molecule has 3 aromatic heterocycles. The monoisotopic (exact) mass is 418 g/mol. The fraction of sp³-hybridized carbons (Fsp3) is 0.273. The molecule has 0 fully saturated rings. The van der Waals surface area contributed by atoms with E-state index in [4.69, 9.17) is 4.98 Å². The minimum atomic E-state index is -0.123. The highest BCUT2D eigenvalue weighted by Crippen LogP contribution is 2.38. The Morgan fingerprint density at radius 2 is 2.00 bits per heavy atom. The Hall–Kier alpha value is -3.88. The number of hydrogen-bond donors (Lipinski definition) is 3. The summed E-state index contributed by atoms with van der Waals surface area (Å²) in [6.45, 7) is 5.47. The number of hydrogen-bond acceptors (Lipinski definition) is 6. The van der Waals surface area contributed by atoms with Gasteiger partial charge in [-0.2, -0.15) is 5.10 Å². The summed E-state index contributed by atoms with van der Waals surface area (Å²) in [5, 5.41) is 11.5. The van der Waals surface area contributed by atoms with Gasteiger partial charge in [0, 0.05) is 63.2 Å². The van der Waals surface area contributed by atoms with Gasteiger partial charge in [-0.25, -0.2) is 9.97 Å². The molecule has 9 nitrogen and oxygen atoms in total. The third-order valence-corrected chi connectivity index (χ3v) is 5.20. The van der Waals surface area contributed by atoms with Crippen molar-refractivity contribution in [1.82, 2.24) is 24.7 Å². The average molecular weight is 419 g/mol. The van der Waals surface area contributed by atoms with Crippen LogP contribution < -0.4 is 15.5 Å². The normalized spacial score (nSPS) is 11.0. The van der Waals surface area contributed by atoms with Gasteiger partial charge in [0.1, 0.15) is 0 Å². The number of aromatic nitrogens is 5. The van der Waals surface area contributed by atoms with E-state index in [2.05, 4.69) is 25.7 Å². The Morgan fingerprint density at radius 1 is 1.23 bits per heavy atom. The van der Waals surface area contributed by atoms with E-state index in [1.54, 1.807) is 10.9 Å². The Labute approximate surface area is 180 Å². The molecule has 0 aliphatic heterocycles. The second kappa shape index (κ2) is 7.75. The van der Waals surface area contributed by atoms with Crippen LogP contribution in [0.25, 0.3) is 22.2 Å². The van der Waals surface area contributed by atoms with Crippen molar-refractivity contribution in [3.8, 4) is 11.3 Å². The van der Waals surface area contributed by atoms with Gasteiger partial charge in [0.15, 0.2) is 5.82 Å². The number of carbonyl (C=O) groups excluding carboxylic acids is 1. The number of aromatic amines is 1. The summed E-state index contributed by atoms with van der Waals surface area (Å²) in [6.07, 6.45) is 3.71. The fourth-order valence-corrected chi connectivity index (χ4v) is 3.57. The maximum Gasteiger partial charge on any atom is 0.228 e. The number of fused-ring (bicyclic) bond motifs is 1. The first-order valence-corrected chi connectivity index (χ1v) is 9.95. The topological polar surface area (TPSA) is 104 Å². The third kappa shape index (κ3) is 3.81. The van der Waals surface area contributed by atoms with Crippen molar-refractivity contribution in [3.05, 3.63) is 41.9 Å². The summed E-state index contributed by atoms with van der Waals surface area (Å²) in [4.78, 5) is 26.3. The molecular weight excluding hydrogens is 392 g/mol. The predicted molar refractivity (Wildman–Crippen MR) is 124 cm³/mol. The molecule has 0 unspecified atom stereocenters. The SMILES string of the molecule is CC(=O)Nc1c(N(C)C)ccc2c(-c3nc(Nc4cc(C)n(C)n4)ncc3C)c[nH]c12. The molecule has 0 saturated heterocycles. The van der Waals surface area contributed by atoms with Crippen LogP contribution in [0.4, 0.5) is 23.1 Å². The van der Waals surface area contributed by atoms with Crippen molar-refractivity contribution >= 4 is 40.0 Å². The van der Waals surface area contributed by atoms with Crippen LogP contribution in [0.2, 0.25) is 0 Å². The zero-order valence-corrected chi connectivity index (χ0v) is 18.5. The van der Waals surface area contributed by atoms with Crippen LogP contribution in [-0.4, -0.2) is 44.7 Å². The van der Waals surface area contributed by atoms with Crippen LogP contribution in [0.3, 0.4) is 0 Å². The number of carbonyl (C=O) groups is 1. The van der Waals surface area contributed by atoms with E-state index >= 15 is 0 Å². The minimum absolute atomic E-state index is 0.123. The zero-order chi connectivity index (χ0) is 22.3. The van der Waals surface area contributed by atoms with E-state index in [0.717, 1.165) is 44.8 Å². The number of amides is 1. The molecule has 0 radical (unpaired) electrons. The van der Waals surface area contributed by atoms with Gasteiger partial charge in [-0.1, -0.05) is 0 Å². The molecule has 0 saturated carbocycles. The van der Waals surface area contributed by atoms with Gasteiger partial charge >= 0.3 is 0 Å². The van der Waals surface area contributed by atoms with Gasteiger partial charge in [0.05, 0.1) is 22.6 Å². The maximum absolute atomic E-state index is 11.8. The summed E-state index contributed by atoms with van der Waals surface area (Å²) >= 11 is 0. The van der Waals surface area contributed by atoms with Crippen molar-refractivity contribution in [2.45, 2.75) is 20.8 Å². The smallest absolute Gasteiger partial charge is 0.228 e.